The summed E-state index contributed by atoms with van der Waals surface area (Å²) >= 11 is 0. The van der Waals surface area contributed by atoms with Gasteiger partial charge in [-0.2, -0.15) is 0 Å². The number of carbonyl (C=O) groups excluding carboxylic acids is 1. The van der Waals surface area contributed by atoms with Crippen molar-refractivity contribution in [3.63, 3.8) is 0 Å². The summed E-state index contributed by atoms with van der Waals surface area (Å²) in [5.41, 5.74) is -0.356. The van der Waals surface area contributed by atoms with Crippen molar-refractivity contribution >= 4 is 15.7 Å². The van der Waals surface area contributed by atoms with Crippen molar-refractivity contribution in [1.82, 2.24) is 0 Å². The lowest BCUT2D eigenvalue weighted by Crippen LogP contribution is -2.22. The van der Waals surface area contributed by atoms with Crippen LogP contribution in [-0.2, 0) is 9.53 Å². The molecule has 1 unspecified atom stereocenters. The van der Waals surface area contributed by atoms with Crippen LogP contribution in [0.4, 0.5) is 0 Å². The summed E-state index contributed by atoms with van der Waals surface area (Å²) in [6.45, 7) is 5.07. The van der Waals surface area contributed by atoms with Gasteiger partial charge in [0.25, 0.3) is 9.76 Å². The lowest BCUT2D eigenvalue weighted by Gasteiger charge is -2.08. The normalized spacial score (nSPS) is 12.2. The third-order valence-corrected chi connectivity index (χ3v) is 1.75. The second-order valence-electron chi connectivity index (χ2n) is 1.67. The Bertz CT molecular complexity index is 120. The molecule has 0 saturated heterocycles. The Morgan fingerprint density at radius 1 is 2.00 bits per heavy atom. The summed E-state index contributed by atoms with van der Waals surface area (Å²) in [7, 11) is -0.346. The SMILES string of the molecule is C=CC(=O)OC(CC)[Si]O. The number of hydrogen-bond donors (Lipinski definition) is 1. The first-order valence-corrected chi connectivity index (χ1v) is 3.99. The second-order valence-corrected chi connectivity index (χ2v) is 2.57. The molecule has 56 valence electrons. The van der Waals surface area contributed by atoms with E-state index in [4.69, 9.17) is 9.53 Å². The highest BCUT2D eigenvalue weighted by Crippen LogP contribution is 1.94. The molecule has 3 nitrogen and oxygen atoms in total. The van der Waals surface area contributed by atoms with E-state index in [0.717, 1.165) is 6.08 Å². The highest BCUT2D eigenvalue weighted by molar-refractivity contribution is 6.27. The maximum absolute atomic E-state index is 10.5. The Morgan fingerprint density at radius 2 is 2.60 bits per heavy atom. The summed E-state index contributed by atoms with van der Waals surface area (Å²) in [6, 6.07) is 0. The molecule has 0 aromatic heterocycles. The number of hydrogen-bond acceptors (Lipinski definition) is 3. The lowest BCUT2D eigenvalue weighted by molar-refractivity contribution is -0.140. The van der Waals surface area contributed by atoms with Crippen LogP contribution in [-0.4, -0.2) is 26.3 Å². The Hall–Kier alpha value is -0.613. The molecule has 1 N–H and O–H groups in total. The Labute approximate surface area is 62.6 Å². The monoisotopic (exact) mass is 158 g/mol. The predicted molar refractivity (Wildman–Crippen MR) is 38.3 cm³/mol. The molecule has 0 rings (SSSR count). The molecule has 0 aliphatic rings. The molecule has 0 spiro atoms. The standard InChI is InChI=1S/C6H10O3Si/c1-3-5(7)9-6(4-2)10-8/h3,6,8H,1,4H2,2H3. The van der Waals surface area contributed by atoms with Crippen LogP contribution in [0, 0.1) is 0 Å². The first-order valence-electron chi connectivity index (χ1n) is 2.97. The maximum Gasteiger partial charge on any atom is 0.330 e. The zero-order valence-electron chi connectivity index (χ0n) is 5.83. The van der Waals surface area contributed by atoms with Gasteiger partial charge in [0.05, 0.1) is 0 Å². The second kappa shape index (κ2) is 5.19. The lowest BCUT2D eigenvalue weighted by atomic mass is 10.5. The van der Waals surface area contributed by atoms with E-state index in [9.17, 15) is 4.79 Å². The van der Waals surface area contributed by atoms with Crippen LogP contribution in [0.25, 0.3) is 0 Å². The summed E-state index contributed by atoms with van der Waals surface area (Å²) in [5.74, 6) is -0.478. The summed E-state index contributed by atoms with van der Waals surface area (Å²) in [4.78, 5) is 19.1. The molecule has 0 aliphatic carbocycles. The fourth-order valence-electron chi connectivity index (χ4n) is 0.389. The molecule has 0 fully saturated rings. The highest BCUT2D eigenvalue weighted by atomic mass is 28.2. The number of rotatable bonds is 4. The van der Waals surface area contributed by atoms with Gasteiger partial charge in [-0.1, -0.05) is 13.5 Å². The van der Waals surface area contributed by atoms with E-state index in [1.807, 2.05) is 6.92 Å². The molecule has 4 heteroatoms. The topological polar surface area (TPSA) is 46.5 Å². The van der Waals surface area contributed by atoms with Gasteiger partial charge in [0.15, 0.2) is 0 Å². The van der Waals surface area contributed by atoms with Gasteiger partial charge in [-0.15, -0.1) is 0 Å². The van der Waals surface area contributed by atoms with Crippen LogP contribution in [0.3, 0.4) is 0 Å². The van der Waals surface area contributed by atoms with Gasteiger partial charge in [0.2, 0.25) is 0 Å². The van der Waals surface area contributed by atoms with Crippen molar-refractivity contribution in [3.05, 3.63) is 12.7 Å². The molecule has 0 bridgehead atoms. The minimum absolute atomic E-state index is 0.346. The van der Waals surface area contributed by atoms with Gasteiger partial charge in [0, 0.05) is 6.08 Å². The van der Waals surface area contributed by atoms with Crippen molar-refractivity contribution < 1.29 is 14.3 Å². The number of carbonyl (C=O) groups is 1. The fraction of sp³-hybridized carbons (Fsp3) is 0.500. The zero-order valence-corrected chi connectivity index (χ0v) is 6.83. The van der Waals surface area contributed by atoms with Gasteiger partial charge < -0.3 is 9.53 Å². The molecular formula is C6H10O3Si. The Morgan fingerprint density at radius 3 is 2.90 bits per heavy atom. The van der Waals surface area contributed by atoms with Gasteiger partial charge in [0.1, 0.15) is 5.73 Å². The van der Waals surface area contributed by atoms with E-state index in [1.54, 1.807) is 0 Å². The van der Waals surface area contributed by atoms with E-state index >= 15 is 0 Å². The minimum atomic E-state index is -0.478. The first-order chi connectivity index (χ1) is 4.74. The molecule has 0 heterocycles. The summed E-state index contributed by atoms with van der Waals surface area (Å²) in [6.07, 6.45) is 1.72. The fourth-order valence-corrected chi connectivity index (χ4v) is 0.741. The third kappa shape index (κ3) is 3.42. The van der Waals surface area contributed by atoms with Crippen molar-refractivity contribution in [2.24, 2.45) is 0 Å². The average Bonchev–Trinajstić information content (AvgIpc) is 1.99. The van der Waals surface area contributed by atoms with E-state index in [0.29, 0.717) is 6.42 Å². The highest BCUT2D eigenvalue weighted by Gasteiger charge is 2.09. The van der Waals surface area contributed by atoms with Crippen LogP contribution in [0.15, 0.2) is 12.7 Å². The van der Waals surface area contributed by atoms with Crippen molar-refractivity contribution in [2.75, 3.05) is 0 Å². The van der Waals surface area contributed by atoms with Crippen LogP contribution in [0.5, 0.6) is 0 Å². The van der Waals surface area contributed by atoms with Gasteiger partial charge in [-0.05, 0) is 6.42 Å². The van der Waals surface area contributed by atoms with E-state index in [-0.39, 0.29) is 15.5 Å². The van der Waals surface area contributed by atoms with Crippen molar-refractivity contribution in [2.45, 2.75) is 19.1 Å². The van der Waals surface area contributed by atoms with Crippen LogP contribution < -0.4 is 0 Å². The zero-order chi connectivity index (χ0) is 7.98. The van der Waals surface area contributed by atoms with Gasteiger partial charge in [-0.25, -0.2) is 4.79 Å². The molecule has 10 heavy (non-hydrogen) atoms. The van der Waals surface area contributed by atoms with Gasteiger partial charge in [-0.3, -0.25) is 0 Å². The smallest absolute Gasteiger partial charge is 0.330 e. The number of ether oxygens (including phenoxy) is 1. The third-order valence-electron chi connectivity index (χ3n) is 0.940. The molecule has 0 aliphatic heterocycles. The molecule has 0 amide bonds. The molecule has 0 aromatic rings. The molecule has 0 aromatic carbocycles. The quantitative estimate of drug-likeness (QED) is 0.357. The minimum Gasteiger partial charge on any atom is -0.461 e. The first kappa shape index (κ1) is 9.39. The van der Waals surface area contributed by atoms with E-state index < -0.39 is 5.97 Å². The molecule has 1 atom stereocenters. The molecule has 2 radical (unpaired) electrons. The Balaban J connectivity index is 3.62. The largest absolute Gasteiger partial charge is 0.461 e. The Kier molecular flexibility index (Phi) is 4.88. The van der Waals surface area contributed by atoms with E-state index in [2.05, 4.69) is 6.58 Å². The molecule has 0 saturated carbocycles. The average molecular weight is 158 g/mol. The molecular weight excluding hydrogens is 148 g/mol. The maximum atomic E-state index is 10.5. The van der Waals surface area contributed by atoms with Crippen molar-refractivity contribution in [1.29, 1.82) is 0 Å². The van der Waals surface area contributed by atoms with Crippen LogP contribution >= 0.6 is 0 Å². The predicted octanol–water partition coefficient (Wildman–Crippen LogP) is 0.0632. The van der Waals surface area contributed by atoms with Crippen LogP contribution in [0.2, 0.25) is 0 Å². The number of esters is 1. The van der Waals surface area contributed by atoms with Crippen molar-refractivity contribution in [3.8, 4) is 0 Å². The van der Waals surface area contributed by atoms with E-state index in [1.165, 1.54) is 0 Å². The summed E-state index contributed by atoms with van der Waals surface area (Å²) < 4.78 is 4.70. The van der Waals surface area contributed by atoms with Crippen LogP contribution in [0.1, 0.15) is 13.3 Å². The van der Waals surface area contributed by atoms with Gasteiger partial charge >= 0.3 is 5.97 Å². The summed E-state index contributed by atoms with van der Waals surface area (Å²) in [5, 5.41) is 0.